The number of nitrogens with zero attached hydrogens (tertiary/aromatic N) is 2. The first-order valence-corrected chi connectivity index (χ1v) is 10.5. The van der Waals surface area contributed by atoms with Crippen molar-refractivity contribution in [2.45, 2.75) is 64.1 Å². The Bertz CT molecular complexity index is 875. The molecule has 1 saturated carbocycles. The van der Waals surface area contributed by atoms with Gasteiger partial charge in [0, 0.05) is 28.7 Å². The largest absolute Gasteiger partial charge is 0.478 e. The minimum absolute atomic E-state index is 0.201. The van der Waals surface area contributed by atoms with Crippen molar-refractivity contribution in [3.05, 3.63) is 35.5 Å². The standard InChI is InChI=1S/C23H32N2O3/c1-15(17-9-11-18(12-10-17)24(4)23(3)13-28-14-23)25-16(2)21(22(26)27)19-7-5-6-8-20(19)25/h5-8,15,17-18H,9-14H2,1-4H3,(H,26,27)/t15-,17?,18?/m1/s1. The molecule has 0 radical (unpaired) electrons. The first-order valence-electron chi connectivity index (χ1n) is 10.5. The first-order chi connectivity index (χ1) is 13.3. The molecule has 152 valence electrons. The molecule has 1 saturated heterocycles. The molecule has 1 aromatic heterocycles. The van der Waals surface area contributed by atoms with E-state index in [4.69, 9.17) is 4.74 Å². The summed E-state index contributed by atoms with van der Waals surface area (Å²) in [5.41, 5.74) is 2.57. The van der Waals surface area contributed by atoms with Crippen molar-refractivity contribution >= 4 is 16.9 Å². The molecule has 0 bridgehead atoms. The SMILES string of the molecule is Cc1c(C(=O)O)c2ccccc2n1[C@H](C)C1CCC(N(C)C2(C)COC2)CC1. The van der Waals surface area contributed by atoms with Crippen LogP contribution >= 0.6 is 0 Å². The van der Waals surface area contributed by atoms with E-state index in [9.17, 15) is 9.90 Å². The van der Waals surface area contributed by atoms with E-state index in [1.165, 1.54) is 25.7 Å². The van der Waals surface area contributed by atoms with Crippen molar-refractivity contribution in [1.29, 1.82) is 0 Å². The molecule has 28 heavy (non-hydrogen) atoms. The zero-order valence-electron chi connectivity index (χ0n) is 17.4. The van der Waals surface area contributed by atoms with Gasteiger partial charge in [-0.1, -0.05) is 18.2 Å². The maximum atomic E-state index is 11.9. The number of carboxylic acid groups (broad SMARTS) is 1. The van der Waals surface area contributed by atoms with Crippen molar-refractivity contribution in [1.82, 2.24) is 9.47 Å². The van der Waals surface area contributed by atoms with E-state index in [0.29, 0.717) is 23.6 Å². The number of aromatic carboxylic acids is 1. The van der Waals surface area contributed by atoms with Gasteiger partial charge < -0.3 is 14.4 Å². The van der Waals surface area contributed by atoms with Gasteiger partial charge in [0.15, 0.2) is 0 Å². The highest BCUT2D eigenvalue weighted by Crippen LogP contribution is 2.40. The molecular weight excluding hydrogens is 352 g/mol. The number of hydrogen-bond acceptors (Lipinski definition) is 3. The Morgan fingerprint density at radius 2 is 1.89 bits per heavy atom. The predicted octanol–water partition coefficient (Wildman–Crippen LogP) is 4.49. The lowest BCUT2D eigenvalue weighted by Crippen LogP contribution is -2.62. The van der Waals surface area contributed by atoms with Crippen molar-refractivity contribution in [2.24, 2.45) is 5.92 Å². The van der Waals surface area contributed by atoms with E-state index in [0.717, 1.165) is 29.8 Å². The fourth-order valence-corrected chi connectivity index (χ4v) is 5.41. The highest BCUT2D eigenvalue weighted by Gasteiger charge is 2.42. The number of hydrogen-bond donors (Lipinski definition) is 1. The molecule has 1 aromatic carbocycles. The Morgan fingerprint density at radius 3 is 2.46 bits per heavy atom. The molecule has 2 aliphatic rings. The number of aromatic nitrogens is 1. The van der Waals surface area contributed by atoms with E-state index in [1.54, 1.807) is 0 Å². The number of carboxylic acids is 1. The zero-order valence-corrected chi connectivity index (χ0v) is 17.4. The van der Waals surface area contributed by atoms with E-state index in [2.05, 4.69) is 36.4 Å². The summed E-state index contributed by atoms with van der Waals surface area (Å²) in [4.78, 5) is 14.4. The Labute approximate surface area is 167 Å². The predicted molar refractivity (Wildman–Crippen MR) is 111 cm³/mol. The van der Waals surface area contributed by atoms with Crippen molar-refractivity contribution in [3.63, 3.8) is 0 Å². The molecular formula is C23H32N2O3. The third-order valence-electron chi connectivity index (χ3n) is 7.43. The third-order valence-corrected chi connectivity index (χ3v) is 7.43. The van der Waals surface area contributed by atoms with Crippen molar-refractivity contribution in [3.8, 4) is 0 Å². The van der Waals surface area contributed by atoms with Crippen LogP contribution in [0.25, 0.3) is 10.9 Å². The second kappa shape index (κ2) is 7.20. The quantitative estimate of drug-likeness (QED) is 0.825. The van der Waals surface area contributed by atoms with Crippen LogP contribution in [0.3, 0.4) is 0 Å². The summed E-state index contributed by atoms with van der Waals surface area (Å²) in [5, 5.41) is 10.6. The normalized spacial score (nSPS) is 25.6. The molecule has 0 unspecified atom stereocenters. The van der Waals surface area contributed by atoms with Gasteiger partial charge in [-0.3, -0.25) is 4.90 Å². The van der Waals surface area contributed by atoms with Gasteiger partial charge in [0.25, 0.3) is 0 Å². The summed E-state index contributed by atoms with van der Waals surface area (Å²) in [6.07, 6.45) is 4.76. The molecule has 5 heteroatoms. The van der Waals surface area contributed by atoms with Gasteiger partial charge in [-0.25, -0.2) is 4.79 Å². The average molecular weight is 385 g/mol. The van der Waals surface area contributed by atoms with E-state index in [1.807, 2.05) is 25.1 Å². The van der Waals surface area contributed by atoms with Crippen LogP contribution < -0.4 is 0 Å². The van der Waals surface area contributed by atoms with Crippen LogP contribution in [0, 0.1) is 12.8 Å². The van der Waals surface area contributed by atoms with Crippen LogP contribution in [-0.4, -0.2) is 52.4 Å². The summed E-state index contributed by atoms with van der Waals surface area (Å²) in [6, 6.07) is 8.84. The van der Waals surface area contributed by atoms with Crippen molar-refractivity contribution < 1.29 is 14.6 Å². The van der Waals surface area contributed by atoms with Crippen molar-refractivity contribution in [2.75, 3.05) is 20.3 Å². The second-order valence-electron chi connectivity index (χ2n) is 9.06. The molecule has 2 fully saturated rings. The number of likely N-dealkylation sites (N-methyl/N-ethyl adjacent to an activating group) is 1. The molecule has 0 amide bonds. The summed E-state index contributed by atoms with van der Waals surface area (Å²) < 4.78 is 7.72. The molecule has 2 aromatic rings. The molecule has 5 nitrogen and oxygen atoms in total. The molecule has 1 atom stereocenters. The number of carbonyl (C=O) groups is 1. The highest BCUT2D eigenvalue weighted by molar-refractivity contribution is 6.05. The molecule has 1 aliphatic heterocycles. The molecule has 4 rings (SSSR count). The van der Waals surface area contributed by atoms with Gasteiger partial charge in [-0.15, -0.1) is 0 Å². The van der Waals surface area contributed by atoms with Gasteiger partial charge in [-0.2, -0.15) is 0 Å². The van der Waals surface area contributed by atoms with Crippen LogP contribution in [0.5, 0.6) is 0 Å². The summed E-state index contributed by atoms with van der Waals surface area (Å²) in [7, 11) is 2.25. The number of rotatable bonds is 5. The fraction of sp³-hybridized carbons (Fsp3) is 0.609. The topological polar surface area (TPSA) is 54.7 Å². The molecule has 0 spiro atoms. The minimum atomic E-state index is -0.832. The lowest BCUT2D eigenvalue weighted by molar-refractivity contribution is -0.139. The number of fused-ring (bicyclic) bond motifs is 1. The van der Waals surface area contributed by atoms with Crippen LogP contribution in [-0.2, 0) is 4.74 Å². The fourth-order valence-electron chi connectivity index (χ4n) is 5.41. The van der Waals surface area contributed by atoms with Gasteiger partial charge in [0.2, 0.25) is 0 Å². The minimum Gasteiger partial charge on any atom is -0.478 e. The Balaban J connectivity index is 1.54. The van der Waals surface area contributed by atoms with Crippen LogP contribution in [0.4, 0.5) is 0 Å². The molecule has 1 N–H and O–H groups in total. The van der Waals surface area contributed by atoms with Gasteiger partial charge in [0.05, 0.1) is 24.3 Å². The van der Waals surface area contributed by atoms with Gasteiger partial charge >= 0.3 is 5.97 Å². The second-order valence-corrected chi connectivity index (χ2v) is 9.06. The number of para-hydroxylation sites is 1. The molecule has 2 heterocycles. The zero-order chi connectivity index (χ0) is 20.1. The molecule has 1 aliphatic carbocycles. The first kappa shape index (κ1) is 19.5. The number of benzene rings is 1. The lowest BCUT2D eigenvalue weighted by atomic mass is 9.80. The summed E-state index contributed by atoms with van der Waals surface area (Å²) in [6.45, 7) is 8.20. The number of ether oxygens (including phenoxy) is 1. The van der Waals surface area contributed by atoms with Gasteiger partial charge in [0.1, 0.15) is 0 Å². The van der Waals surface area contributed by atoms with Crippen LogP contribution in [0.2, 0.25) is 0 Å². The Morgan fingerprint density at radius 1 is 1.25 bits per heavy atom. The maximum Gasteiger partial charge on any atom is 0.338 e. The monoisotopic (exact) mass is 384 g/mol. The van der Waals surface area contributed by atoms with E-state index >= 15 is 0 Å². The Hall–Kier alpha value is -1.85. The summed E-state index contributed by atoms with van der Waals surface area (Å²) >= 11 is 0. The highest BCUT2D eigenvalue weighted by atomic mass is 16.5. The average Bonchev–Trinajstić information content (AvgIpc) is 2.97. The lowest BCUT2D eigenvalue weighted by Gasteiger charge is -2.50. The third kappa shape index (κ3) is 3.05. The Kier molecular flexibility index (Phi) is 5.00. The van der Waals surface area contributed by atoms with Crippen LogP contribution in [0.15, 0.2) is 24.3 Å². The van der Waals surface area contributed by atoms with Gasteiger partial charge in [-0.05, 0) is 65.5 Å². The smallest absolute Gasteiger partial charge is 0.338 e. The van der Waals surface area contributed by atoms with E-state index < -0.39 is 5.97 Å². The summed E-state index contributed by atoms with van der Waals surface area (Å²) in [5.74, 6) is -0.257. The maximum absolute atomic E-state index is 11.9. The van der Waals surface area contributed by atoms with Crippen LogP contribution in [0.1, 0.15) is 61.6 Å². The van der Waals surface area contributed by atoms with E-state index in [-0.39, 0.29) is 5.54 Å².